The van der Waals surface area contributed by atoms with Gasteiger partial charge in [0.05, 0.1) is 11.9 Å². The van der Waals surface area contributed by atoms with E-state index in [1.807, 2.05) is 6.92 Å². The van der Waals surface area contributed by atoms with Crippen LogP contribution in [0.25, 0.3) is 0 Å². The summed E-state index contributed by atoms with van der Waals surface area (Å²) in [5.74, 6) is 0.914. The van der Waals surface area contributed by atoms with E-state index in [2.05, 4.69) is 23.8 Å². The van der Waals surface area contributed by atoms with Crippen molar-refractivity contribution in [3.63, 3.8) is 0 Å². The summed E-state index contributed by atoms with van der Waals surface area (Å²) in [7, 11) is 2.21. The summed E-state index contributed by atoms with van der Waals surface area (Å²) >= 11 is 1.38. The first kappa shape index (κ1) is 19.8. The maximum Gasteiger partial charge on any atom is 0.219 e. The second-order valence-electron chi connectivity index (χ2n) is 7.15. The van der Waals surface area contributed by atoms with Crippen LogP contribution in [0.1, 0.15) is 52.4 Å². The van der Waals surface area contributed by atoms with Gasteiger partial charge in [0.2, 0.25) is 5.12 Å². The van der Waals surface area contributed by atoms with Crippen molar-refractivity contribution in [1.29, 1.82) is 0 Å². The number of thioether (sulfide) groups is 1. The molecule has 0 bridgehead atoms. The van der Waals surface area contributed by atoms with Gasteiger partial charge in [0.25, 0.3) is 0 Å². The Morgan fingerprint density at radius 1 is 1.04 bits per heavy atom. The molecule has 1 unspecified atom stereocenters. The van der Waals surface area contributed by atoms with Crippen molar-refractivity contribution in [2.24, 2.45) is 0 Å². The molecule has 0 spiro atoms. The highest BCUT2D eigenvalue weighted by atomic mass is 32.2. The van der Waals surface area contributed by atoms with Crippen LogP contribution in [-0.4, -0.2) is 66.5 Å². The molecule has 5 heteroatoms. The van der Waals surface area contributed by atoms with E-state index in [-0.39, 0.29) is 10.4 Å². The molecule has 0 radical (unpaired) electrons. The largest absolute Gasteiger partial charge is 0.496 e. The minimum Gasteiger partial charge on any atom is -0.496 e. The number of unbranched alkanes of at least 4 members (excludes halogenated alkanes) is 5. The van der Waals surface area contributed by atoms with Crippen molar-refractivity contribution in [2.45, 2.75) is 57.6 Å². The van der Waals surface area contributed by atoms with Crippen LogP contribution >= 0.6 is 11.8 Å². The Hall–Kier alpha value is -0.520. The Morgan fingerprint density at radius 3 is 2.29 bits per heavy atom. The zero-order chi connectivity index (χ0) is 17.4. The first-order valence-corrected chi connectivity index (χ1v) is 10.4. The smallest absolute Gasteiger partial charge is 0.219 e. The van der Waals surface area contributed by atoms with Crippen molar-refractivity contribution in [3.05, 3.63) is 11.3 Å². The number of rotatable bonds is 10. The average molecular weight is 355 g/mol. The second-order valence-corrected chi connectivity index (χ2v) is 8.47. The van der Waals surface area contributed by atoms with E-state index < -0.39 is 0 Å². The Bertz CT molecular complexity index is 431. The highest BCUT2D eigenvalue weighted by Crippen LogP contribution is 2.34. The van der Waals surface area contributed by atoms with E-state index in [1.54, 1.807) is 0 Å². The zero-order valence-corrected chi connectivity index (χ0v) is 16.5. The van der Waals surface area contributed by atoms with Gasteiger partial charge < -0.3 is 14.5 Å². The van der Waals surface area contributed by atoms with Gasteiger partial charge in [-0.25, -0.2) is 0 Å². The molecule has 1 fully saturated rings. The van der Waals surface area contributed by atoms with Crippen molar-refractivity contribution in [1.82, 2.24) is 9.80 Å². The van der Waals surface area contributed by atoms with Crippen molar-refractivity contribution < 1.29 is 9.53 Å². The molecule has 0 aromatic rings. The van der Waals surface area contributed by atoms with E-state index >= 15 is 0 Å². The number of nitrogens with zero attached hydrogens (tertiary/aromatic N) is 2. The molecule has 0 saturated carbocycles. The predicted molar refractivity (Wildman–Crippen MR) is 102 cm³/mol. The summed E-state index contributed by atoms with van der Waals surface area (Å²) < 4.78 is 5.84. The van der Waals surface area contributed by atoms with Gasteiger partial charge in [-0.2, -0.15) is 0 Å². The van der Waals surface area contributed by atoms with Gasteiger partial charge in [-0.1, -0.05) is 37.4 Å². The Balaban J connectivity index is 1.41. The molecular formula is C19H34N2O2S. The van der Waals surface area contributed by atoms with Crippen molar-refractivity contribution in [3.8, 4) is 0 Å². The van der Waals surface area contributed by atoms with Gasteiger partial charge in [0.15, 0.2) is 0 Å². The molecule has 0 amide bonds. The first-order chi connectivity index (χ1) is 11.6. The fraction of sp³-hybridized carbons (Fsp3) is 0.842. The zero-order valence-electron chi connectivity index (χ0n) is 15.7. The Kier molecular flexibility index (Phi) is 8.63. The minimum absolute atomic E-state index is 0.179. The lowest BCUT2D eigenvalue weighted by atomic mass is 10.1. The van der Waals surface area contributed by atoms with Gasteiger partial charge >= 0.3 is 0 Å². The molecule has 0 N–H and O–H groups in total. The van der Waals surface area contributed by atoms with E-state index in [0.717, 1.165) is 24.4 Å². The van der Waals surface area contributed by atoms with E-state index in [0.29, 0.717) is 0 Å². The fourth-order valence-electron chi connectivity index (χ4n) is 3.33. The first-order valence-electron chi connectivity index (χ1n) is 9.53. The van der Waals surface area contributed by atoms with Gasteiger partial charge in [-0.05, 0) is 40.3 Å². The van der Waals surface area contributed by atoms with Gasteiger partial charge in [-0.3, -0.25) is 4.79 Å². The van der Waals surface area contributed by atoms with Crippen molar-refractivity contribution in [2.75, 3.05) is 46.4 Å². The predicted octanol–water partition coefficient (Wildman–Crippen LogP) is 3.53. The quantitative estimate of drug-likeness (QED) is 0.561. The third kappa shape index (κ3) is 6.41. The van der Waals surface area contributed by atoms with Crippen LogP contribution in [0.5, 0.6) is 0 Å². The van der Waals surface area contributed by atoms with E-state index in [4.69, 9.17) is 4.74 Å². The summed E-state index contributed by atoms with van der Waals surface area (Å²) in [5, 5.41) is 0.380. The van der Waals surface area contributed by atoms with Crippen LogP contribution in [0, 0.1) is 0 Å². The maximum atomic E-state index is 11.6. The van der Waals surface area contributed by atoms with E-state index in [9.17, 15) is 4.79 Å². The van der Waals surface area contributed by atoms with E-state index in [1.165, 1.54) is 76.6 Å². The highest BCUT2D eigenvalue weighted by molar-refractivity contribution is 8.15. The normalized spacial score (nSPS) is 23.3. The number of hydrogen-bond acceptors (Lipinski definition) is 5. The summed E-state index contributed by atoms with van der Waals surface area (Å²) in [6.45, 7) is 10.9. The molecule has 2 heterocycles. The second kappa shape index (κ2) is 10.5. The number of hydrogen-bond donors (Lipinski definition) is 0. The average Bonchev–Trinajstić information content (AvgIpc) is 2.80. The third-order valence-electron chi connectivity index (χ3n) is 5.05. The number of likely N-dealkylation sites (N-methyl/N-ethyl adjacent to an activating group) is 1. The number of carbonyl (C=O) groups excluding carboxylic acids is 1. The molecule has 0 aromatic heterocycles. The topological polar surface area (TPSA) is 32.8 Å². The van der Waals surface area contributed by atoms with Gasteiger partial charge in [0.1, 0.15) is 5.76 Å². The van der Waals surface area contributed by atoms with Crippen LogP contribution in [0.4, 0.5) is 0 Å². The molecule has 4 nitrogen and oxygen atoms in total. The number of carbonyl (C=O) groups is 1. The molecule has 0 aliphatic carbocycles. The molecule has 0 aromatic carbocycles. The summed E-state index contributed by atoms with van der Waals surface area (Å²) in [6.07, 6.45) is 7.65. The van der Waals surface area contributed by atoms with Crippen LogP contribution in [0.2, 0.25) is 0 Å². The molecule has 138 valence electrons. The van der Waals surface area contributed by atoms with Crippen LogP contribution in [-0.2, 0) is 9.53 Å². The monoisotopic (exact) mass is 354 g/mol. The Labute approximate surface area is 152 Å². The maximum absolute atomic E-state index is 11.6. The lowest BCUT2D eigenvalue weighted by Crippen LogP contribution is -2.44. The summed E-state index contributed by atoms with van der Waals surface area (Å²) in [6, 6.07) is 0. The van der Waals surface area contributed by atoms with Crippen LogP contribution < -0.4 is 0 Å². The molecule has 2 aliphatic rings. The number of ether oxygens (including phenoxy) is 1. The molecule has 1 saturated heterocycles. The van der Waals surface area contributed by atoms with Crippen LogP contribution in [0.3, 0.4) is 0 Å². The third-order valence-corrected chi connectivity index (χ3v) is 6.14. The standard InChI is InChI=1S/C19H34N2O2S/c1-16-18(17(2)24-19(16)22)23-15-9-7-5-4-6-8-10-21-13-11-20(3)12-14-21/h17H,4-15H2,1-3H3. The molecule has 1 atom stereocenters. The lowest BCUT2D eigenvalue weighted by molar-refractivity contribution is -0.107. The summed E-state index contributed by atoms with van der Waals surface area (Å²) in [4.78, 5) is 16.6. The summed E-state index contributed by atoms with van der Waals surface area (Å²) in [5.41, 5.74) is 0.816. The van der Waals surface area contributed by atoms with Gasteiger partial charge in [-0.15, -0.1) is 0 Å². The molecule has 2 aliphatic heterocycles. The molecular weight excluding hydrogens is 320 g/mol. The lowest BCUT2D eigenvalue weighted by Gasteiger charge is -2.32. The number of piperazine rings is 1. The molecule has 2 rings (SSSR count). The highest BCUT2D eigenvalue weighted by Gasteiger charge is 2.28. The van der Waals surface area contributed by atoms with Crippen LogP contribution in [0.15, 0.2) is 11.3 Å². The van der Waals surface area contributed by atoms with Crippen molar-refractivity contribution >= 4 is 16.9 Å². The Morgan fingerprint density at radius 2 is 1.67 bits per heavy atom. The van der Waals surface area contributed by atoms with Gasteiger partial charge in [0, 0.05) is 31.8 Å². The minimum atomic E-state index is 0.179. The SMILES string of the molecule is CC1=C(OCCCCCCCCN2CCN(C)CC2)C(C)SC1=O. The molecule has 24 heavy (non-hydrogen) atoms. The fourth-order valence-corrected chi connectivity index (χ4v) is 4.28.